The minimum absolute atomic E-state index is 0.0545. The van der Waals surface area contributed by atoms with Gasteiger partial charge in [-0.3, -0.25) is 9.69 Å². The molecule has 2 unspecified atom stereocenters. The molecule has 0 bridgehead atoms. The molecule has 0 aromatic rings. The van der Waals surface area contributed by atoms with Crippen LogP contribution in [-0.4, -0.2) is 65.7 Å². The molecule has 6 nitrogen and oxygen atoms in total. The maximum atomic E-state index is 12.2. The molecule has 2 rings (SSSR count). The molecular formula is C15H27N3O3. The van der Waals surface area contributed by atoms with Crippen molar-refractivity contribution in [1.82, 2.24) is 15.1 Å². The van der Waals surface area contributed by atoms with Gasteiger partial charge < -0.3 is 15.3 Å². The van der Waals surface area contributed by atoms with E-state index >= 15 is 0 Å². The summed E-state index contributed by atoms with van der Waals surface area (Å²) < 4.78 is 0. The summed E-state index contributed by atoms with van der Waals surface area (Å²) >= 11 is 0. The Balaban J connectivity index is 1.73. The van der Waals surface area contributed by atoms with Gasteiger partial charge in [0.15, 0.2) is 0 Å². The summed E-state index contributed by atoms with van der Waals surface area (Å²) in [6.07, 6.45) is 4.47. The Kier molecular flexibility index (Phi) is 5.45. The summed E-state index contributed by atoms with van der Waals surface area (Å²) in [7, 11) is 2.11. The molecule has 2 fully saturated rings. The van der Waals surface area contributed by atoms with E-state index in [0.717, 1.165) is 19.4 Å². The van der Waals surface area contributed by atoms with E-state index in [2.05, 4.69) is 24.2 Å². The Hall–Kier alpha value is -1.30. The lowest BCUT2D eigenvalue weighted by Gasteiger charge is -2.33. The quantitative estimate of drug-likeness (QED) is 0.776. The number of hydrogen-bond acceptors (Lipinski definition) is 3. The largest absolute Gasteiger partial charge is 0.481 e. The molecule has 120 valence electrons. The van der Waals surface area contributed by atoms with Gasteiger partial charge in [0.2, 0.25) is 0 Å². The van der Waals surface area contributed by atoms with Gasteiger partial charge in [-0.25, -0.2) is 4.79 Å². The smallest absolute Gasteiger partial charge is 0.317 e. The summed E-state index contributed by atoms with van der Waals surface area (Å²) in [6.45, 7) is 4.06. The fraction of sp³-hybridized carbons (Fsp3) is 0.867. The van der Waals surface area contributed by atoms with E-state index in [1.54, 1.807) is 4.90 Å². The number of amides is 2. The van der Waals surface area contributed by atoms with Gasteiger partial charge >= 0.3 is 12.0 Å². The van der Waals surface area contributed by atoms with Crippen molar-refractivity contribution in [2.24, 2.45) is 5.92 Å². The summed E-state index contributed by atoms with van der Waals surface area (Å²) in [5.41, 5.74) is 0. The number of likely N-dealkylation sites (tertiary alicyclic amines) is 1. The van der Waals surface area contributed by atoms with Gasteiger partial charge in [0.05, 0.1) is 0 Å². The van der Waals surface area contributed by atoms with Crippen molar-refractivity contribution in [3.8, 4) is 0 Å². The first kappa shape index (κ1) is 16.1. The highest BCUT2D eigenvalue weighted by Gasteiger charge is 2.30. The number of carbonyl (C=O) groups excluding carboxylic acids is 1. The molecule has 0 radical (unpaired) electrons. The lowest BCUT2D eigenvalue weighted by Crippen LogP contribution is -2.49. The number of nitrogens with one attached hydrogen (secondary N) is 1. The number of likely N-dealkylation sites (N-methyl/N-ethyl adjacent to an activating group) is 1. The minimum Gasteiger partial charge on any atom is -0.481 e. The first-order chi connectivity index (χ1) is 9.97. The van der Waals surface area contributed by atoms with Crippen molar-refractivity contribution in [2.75, 3.05) is 26.7 Å². The Labute approximate surface area is 126 Å². The normalized spacial score (nSPS) is 24.0. The Morgan fingerprint density at radius 2 is 2.10 bits per heavy atom. The lowest BCUT2D eigenvalue weighted by atomic mass is 9.95. The summed E-state index contributed by atoms with van der Waals surface area (Å²) in [6, 6.07) is 0.967. The predicted octanol–water partition coefficient (Wildman–Crippen LogP) is 1.37. The number of urea groups is 1. The number of aliphatic carboxylic acids is 1. The molecule has 1 saturated carbocycles. The monoisotopic (exact) mass is 297 g/mol. The summed E-state index contributed by atoms with van der Waals surface area (Å²) in [4.78, 5) is 27.1. The molecule has 0 aromatic carbocycles. The van der Waals surface area contributed by atoms with Gasteiger partial charge in [-0.15, -0.1) is 0 Å². The van der Waals surface area contributed by atoms with E-state index in [1.165, 1.54) is 12.8 Å². The number of piperidine rings is 1. The highest BCUT2D eigenvalue weighted by atomic mass is 16.4. The van der Waals surface area contributed by atoms with Gasteiger partial charge in [-0.05, 0) is 45.6 Å². The second-order valence-electron chi connectivity index (χ2n) is 6.48. The van der Waals surface area contributed by atoms with Crippen molar-refractivity contribution in [3.05, 3.63) is 0 Å². The molecule has 2 atom stereocenters. The third-order valence-corrected chi connectivity index (χ3v) is 4.64. The van der Waals surface area contributed by atoms with Crippen molar-refractivity contribution in [3.63, 3.8) is 0 Å². The van der Waals surface area contributed by atoms with Crippen molar-refractivity contribution in [2.45, 2.75) is 51.1 Å². The zero-order valence-corrected chi connectivity index (χ0v) is 13.0. The van der Waals surface area contributed by atoms with E-state index in [1.807, 2.05) is 0 Å². The first-order valence-corrected chi connectivity index (χ1v) is 7.94. The SMILES string of the molecule is CC(CNC(=O)N1CCCC(CC(=O)O)C1)N(C)C1CC1. The van der Waals surface area contributed by atoms with Crippen LogP contribution < -0.4 is 5.32 Å². The van der Waals surface area contributed by atoms with Crippen LogP contribution in [0.25, 0.3) is 0 Å². The predicted molar refractivity (Wildman–Crippen MR) is 80.2 cm³/mol. The van der Waals surface area contributed by atoms with Gasteiger partial charge in [0.25, 0.3) is 0 Å². The summed E-state index contributed by atoms with van der Waals surface area (Å²) in [5, 5.41) is 11.8. The van der Waals surface area contributed by atoms with Crippen molar-refractivity contribution >= 4 is 12.0 Å². The second-order valence-corrected chi connectivity index (χ2v) is 6.48. The van der Waals surface area contributed by atoms with Gasteiger partial charge in [0, 0.05) is 38.1 Å². The topological polar surface area (TPSA) is 72.9 Å². The average Bonchev–Trinajstić information content (AvgIpc) is 3.27. The molecule has 6 heteroatoms. The van der Waals surface area contributed by atoms with Gasteiger partial charge in [-0.2, -0.15) is 0 Å². The Bertz CT molecular complexity index is 384. The van der Waals surface area contributed by atoms with E-state index in [9.17, 15) is 9.59 Å². The zero-order chi connectivity index (χ0) is 15.4. The highest BCUT2D eigenvalue weighted by molar-refractivity contribution is 5.74. The molecule has 0 spiro atoms. The number of carboxylic acids is 1. The number of hydrogen-bond donors (Lipinski definition) is 2. The fourth-order valence-corrected chi connectivity index (χ4v) is 3.00. The number of rotatable bonds is 6. The van der Waals surface area contributed by atoms with Crippen LogP contribution in [0.2, 0.25) is 0 Å². The maximum Gasteiger partial charge on any atom is 0.317 e. The molecule has 2 amide bonds. The van der Waals surface area contributed by atoms with E-state index in [-0.39, 0.29) is 18.4 Å². The molecule has 1 heterocycles. The third kappa shape index (κ3) is 4.88. The molecular weight excluding hydrogens is 270 g/mol. The average molecular weight is 297 g/mol. The maximum absolute atomic E-state index is 12.2. The van der Waals surface area contributed by atoms with Crippen LogP contribution in [0.4, 0.5) is 4.79 Å². The Morgan fingerprint density at radius 1 is 1.38 bits per heavy atom. The van der Waals surface area contributed by atoms with E-state index in [4.69, 9.17) is 5.11 Å². The van der Waals surface area contributed by atoms with Crippen LogP contribution in [0, 0.1) is 5.92 Å². The molecule has 0 aromatic heterocycles. The molecule has 2 aliphatic rings. The lowest BCUT2D eigenvalue weighted by molar-refractivity contribution is -0.138. The van der Waals surface area contributed by atoms with Crippen LogP contribution >= 0.6 is 0 Å². The molecule has 1 aliphatic carbocycles. The van der Waals surface area contributed by atoms with Gasteiger partial charge in [0.1, 0.15) is 0 Å². The van der Waals surface area contributed by atoms with Crippen LogP contribution in [-0.2, 0) is 4.79 Å². The highest BCUT2D eigenvalue weighted by Crippen LogP contribution is 2.26. The third-order valence-electron chi connectivity index (χ3n) is 4.64. The zero-order valence-electron chi connectivity index (χ0n) is 13.0. The first-order valence-electron chi connectivity index (χ1n) is 7.94. The summed E-state index contributed by atoms with van der Waals surface area (Å²) in [5.74, 6) is -0.685. The van der Waals surface area contributed by atoms with Crippen LogP contribution in [0.1, 0.15) is 39.0 Å². The Morgan fingerprint density at radius 3 is 2.71 bits per heavy atom. The molecule has 1 saturated heterocycles. The minimum atomic E-state index is -0.776. The molecule has 21 heavy (non-hydrogen) atoms. The standard InChI is InChI=1S/C15H27N3O3/c1-11(17(2)13-5-6-13)9-16-15(21)18-7-3-4-12(10-18)8-14(19)20/h11-13H,3-10H2,1-2H3,(H,16,21)(H,19,20). The van der Waals surface area contributed by atoms with Crippen LogP contribution in [0.5, 0.6) is 0 Å². The van der Waals surface area contributed by atoms with Crippen molar-refractivity contribution in [1.29, 1.82) is 0 Å². The molecule has 2 N–H and O–H groups in total. The van der Waals surface area contributed by atoms with E-state index < -0.39 is 5.97 Å². The molecule has 1 aliphatic heterocycles. The van der Waals surface area contributed by atoms with Crippen molar-refractivity contribution < 1.29 is 14.7 Å². The van der Waals surface area contributed by atoms with Gasteiger partial charge in [-0.1, -0.05) is 0 Å². The second kappa shape index (κ2) is 7.11. The number of carbonyl (C=O) groups is 2. The number of nitrogens with zero attached hydrogens (tertiary/aromatic N) is 2. The number of carboxylic acid groups (broad SMARTS) is 1. The van der Waals surface area contributed by atoms with Crippen LogP contribution in [0.15, 0.2) is 0 Å². The van der Waals surface area contributed by atoms with E-state index in [0.29, 0.717) is 25.2 Å². The van der Waals surface area contributed by atoms with Crippen LogP contribution in [0.3, 0.4) is 0 Å². The fourth-order valence-electron chi connectivity index (χ4n) is 3.00.